The zero-order chi connectivity index (χ0) is 16.6. The Balaban J connectivity index is 1.79. The van der Waals surface area contributed by atoms with Crippen molar-refractivity contribution >= 4 is 0 Å². The average molecular weight is 321 g/mol. The van der Waals surface area contributed by atoms with Crippen LogP contribution in [-0.2, 0) is 11.3 Å². The van der Waals surface area contributed by atoms with Crippen LogP contribution in [-0.4, -0.2) is 27.2 Å². The molecule has 1 aliphatic rings. The topological polar surface area (TPSA) is 39.9 Å². The fourth-order valence-corrected chi connectivity index (χ4v) is 3.08. The van der Waals surface area contributed by atoms with Gasteiger partial charge in [0.15, 0.2) is 0 Å². The summed E-state index contributed by atoms with van der Waals surface area (Å²) >= 11 is 0. The van der Waals surface area contributed by atoms with Gasteiger partial charge in [0.05, 0.1) is 17.8 Å². The largest absolute Gasteiger partial charge is 0.376 e. The summed E-state index contributed by atoms with van der Waals surface area (Å²) in [5.41, 5.74) is 1.12. The summed E-state index contributed by atoms with van der Waals surface area (Å²) in [5, 5.41) is 8.23. The Kier molecular flexibility index (Phi) is 4.19. The predicted octanol–water partition coefficient (Wildman–Crippen LogP) is 3.59. The van der Waals surface area contributed by atoms with E-state index in [0.29, 0.717) is 12.2 Å². The molecule has 124 valence electrons. The second kappa shape index (κ2) is 6.00. The summed E-state index contributed by atoms with van der Waals surface area (Å²) in [6.07, 6.45) is 3.53. The molecule has 23 heavy (non-hydrogen) atoms. The Morgan fingerprint density at radius 2 is 2.13 bits per heavy atom. The smallest absolute Gasteiger partial charge is 0.134 e. The molecule has 2 heterocycles. The molecule has 0 radical (unpaired) electrons. The zero-order valence-electron chi connectivity index (χ0n) is 13.6. The number of rotatable bonds is 3. The van der Waals surface area contributed by atoms with Crippen molar-refractivity contribution in [1.29, 1.82) is 0 Å². The van der Waals surface area contributed by atoms with E-state index in [1.54, 1.807) is 13.1 Å². The van der Waals surface area contributed by atoms with E-state index < -0.39 is 11.6 Å². The van der Waals surface area contributed by atoms with Gasteiger partial charge in [0.25, 0.3) is 0 Å². The molecule has 0 aliphatic carbocycles. The van der Waals surface area contributed by atoms with Crippen LogP contribution < -0.4 is 0 Å². The number of hydrogen-bond donors (Lipinski definition) is 0. The average Bonchev–Trinajstić information content (AvgIpc) is 2.95. The number of hydrogen-bond acceptors (Lipinski definition) is 3. The summed E-state index contributed by atoms with van der Waals surface area (Å²) in [7, 11) is 0. The minimum absolute atomic E-state index is 0.0220. The van der Waals surface area contributed by atoms with E-state index in [0.717, 1.165) is 18.5 Å². The van der Waals surface area contributed by atoms with Gasteiger partial charge in [-0.05, 0) is 45.2 Å². The first-order valence-electron chi connectivity index (χ1n) is 7.83. The number of aryl methyl sites for hydroxylation is 1. The van der Waals surface area contributed by atoms with Crippen LogP contribution in [0.3, 0.4) is 0 Å². The molecule has 1 aromatic heterocycles. The van der Waals surface area contributed by atoms with Crippen LogP contribution >= 0.6 is 0 Å². The van der Waals surface area contributed by atoms with Crippen molar-refractivity contribution < 1.29 is 13.5 Å². The highest BCUT2D eigenvalue weighted by Gasteiger charge is 2.31. The third kappa shape index (κ3) is 3.42. The lowest BCUT2D eigenvalue weighted by molar-refractivity contribution is -0.0597. The summed E-state index contributed by atoms with van der Waals surface area (Å²) in [5.74, 6) is -0.814. The SMILES string of the molecule is Cc1ccc(F)c(Cn2cc([C@H]3CCOC(C)(C)C3)nn2)c1F. The van der Waals surface area contributed by atoms with Gasteiger partial charge in [0.1, 0.15) is 11.6 Å². The number of benzene rings is 1. The number of nitrogens with zero attached hydrogens (tertiary/aromatic N) is 3. The molecule has 3 rings (SSSR count). The second-order valence-corrected chi connectivity index (χ2v) is 6.80. The van der Waals surface area contributed by atoms with Gasteiger partial charge in [-0.15, -0.1) is 5.10 Å². The molecule has 1 saturated heterocycles. The van der Waals surface area contributed by atoms with E-state index in [1.165, 1.54) is 16.8 Å². The van der Waals surface area contributed by atoms with Crippen molar-refractivity contribution in [3.8, 4) is 0 Å². The van der Waals surface area contributed by atoms with Gasteiger partial charge in [-0.1, -0.05) is 11.3 Å². The minimum atomic E-state index is -0.558. The standard InChI is InChI=1S/C17H21F2N3O/c1-11-4-5-14(18)13(16(11)19)9-22-10-15(20-21-22)12-6-7-23-17(2,3)8-12/h4-5,10,12H,6-9H2,1-3H3/t12-/m0/s1. The first-order valence-corrected chi connectivity index (χ1v) is 7.83. The third-order valence-electron chi connectivity index (χ3n) is 4.37. The van der Waals surface area contributed by atoms with Crippen LogP contribution in [0, 0.1) is 18.6 Å². The van der Waals surface area contributed by atoms with Crippen LogP contribution in [0.15, 0.2) is 18.3 Å². The maximum atomic E-state index is 14.1. The maximum absolute atomic E-state index is 14.1. The van der Waals surface area contributed by atoms with Gasteiger partial charge in [0.2, 0.25) is 0 Å². The van der Waals surface area contributed by atoms with Crippen molar-refractivity contribution in [2.24, 2.45) is 0 Å². The van der Waals surface area contributed by atoms with Crippen LogP contribution in [0.2, 0.25) is 0 Å². The molecule has 6 heteroatoms. The lowest BCUT2D eigenvalue weighted by atomic mass is 9.86. The van der Waals surface area contributed by atoms with E-state index >= 15 is 0 Å². The lowest BCUT2D eigenvalue weighted by Gasteiger charge is -2.34. The fraction of sp³-hybridized carbons (Fsp3) is 0.529. The number of aromatic nitrogens is 3. The van der Waals surface area contributed by atoms with E-state index in [4.69, 9.17) is 4.74 Å². The molecule has 2 aromatic rings. The molecule has 0 unspecified atom stereocenters. The molecule has 1 atom stereocenters. The normalized spacial score (nSPS) is 20.7. The van der Waals surface area contributed by atoms with Crippen LogP contribution in [0.1, 0.15) is 49.4 Å². The van der Waals surface area contributed by atoms with Gasteiger partial charge in [-0.25, -0.2) is 13.5 Å². The Bertz CT molecular complexity index is 712. The molecule has 0 bridgehead atoms. The van der Waals surface area contributed by atoms with Crippen LogP contribution in [0.25, 0.3) is 0 Å². The summed E-state index contributed by atoms with van der Waals surface area (Å²) < 4.78 is 35.2. The molecule has 0 amide bonds. The Hall–Kier alpha value is -1.82. The second-order valence-electron chi connectivity index (χ2n) is 6.80. The molecule has 4 nitrogen and oxygen atoms in total. The van der Waals surface area contributed by atoms with Gasteiger partial charge in [-0.2, -0.15) is 0 Å². The van der Waals surface area contributed by atoms with E-state index in [9.17, 15) is 8.78 Å². The van der Waals surface area contributed by atoms with E-state index in [2.05, 4.69) is 24.2 Å². The number of halogens is 2. The van der Waals surface area contributed by atoms with Crippen molar-refractivity contribution in [1.82, 2.24) is 15.0 Å². The molecular weight excluding hydrogens is 300 g/mol. The monoisotopic (exact) mass is 321 g/mol. The number of ether oxygens (including phenoxy) is 1. The van der Waals surface area contributed by atoms with Gasteiger partial charge in [0, 0.05) is 24.3 Å². The maximum Gasteiger partial charge on any atom is 0.134 e. The first-order chi connectivity index (χ1) is 10.9. The highest BCUT2D eigenvalue weighted by Crippen LogP contribution is 2.34. The Morgan fingerprint density at radius 1 is 1.35 bits per heavy atom. The molecule has 0 saturated carbocycles. The molecule has 1 aliphatic heterocycles. The van der Waals surface area contributed by atoms with Crippen molar-refractivity contribution in [3.05, 3.63) is 46.8 Å². The molecule has 1 aromatic carbocycles. The van der Waals surface area contributed by atoms with E-state index in [1.807, 2.05) is 0 Å². The first kappa shape index (κ1) is 16.1. The molecule has 0 N–H and O–H groups in total. The minimum Gasteiger partial charge on any atom is -0.376 e. The highest BCUT2D eigenvalue weighted by molar-refractivity contribution is 5.26. The summed E-state index contributed by atoms with van der Waals surface area (Å²) in [4.78, 5) is 0. The van der Waals surface area contributed by atoms with Crippen molar-refractivity contribution in [3.63, 3.8) is 0 Å². The Morgan fingerprint density at radius 3 is 2.87 bits per heavy atom. The molecular formula is C17H21F2N3O. The van der Waals surface area contributed by atoms with Crippen molar-refractivity contribution in [2.75, 3.05) is 6.61 Å². The van der Waals surface area contributed by atoms with Gasteiger partial charge in [-0.3, -0.25) is 0 Å². The third-order valence-corrected chi connectivity index (χ3v) is 4.37. The fourth-order valence-electron chi connectivity index (χ4n) is 3.08. The van der Waals surface area contributed by atoms with Crippen LogP contribution in [0.4, 0.5) is 8.78 Å². The predicted molar refractivity (Wildman–Crippen MR) is 82.2 cm³/mol. The summed E-state index contributed by atoms with van der Waals surface area (Å²) in [6, 6.07) is 2.72. The summed E-state index contributed by atoms with van der Waals surface area (Å²) in [6.45, 7) is 6.46. The highest BCUT2D eigenvalue weighted by atomic mass is 19.1. The van der Waals surface area contributed by atoms with Gasteiger partial charge < -0.3 is 4.74 Å². The van der Waals surface area contributed by atoms with Crippen molar-refractivity contribution in [2.45, 2.75) is 51.7 Å². The molecule has 1 fully saturated rings. The zero-order valence-corrected chi connectivity index (χ0v) is 13.6. The Labute approximate surface area is 134 Å². The van der Waals surface area contributed by atoms with E-state index in [-0.39, 0.29) is 23.6 Å². The molecule has 0 spiro atoms. The van der Waals surface area contributed by atoms with Gasteiger partial charge >= 0.3 is 0 Å². The van der Waals surface area contributed by atoms with Crippen LogP contribution in [0.5, 0.6) is 0 Å². The lowest BCUT2D eigenvalue weighted by Crippen LogP contribution is -2.33. The quantitative estimate of drug-likeness (QED) is 0.867.